The van der Waals surface area contributed by atoms with Gasteiger partial charge in [0.05, 0.1) is 18.4 Å². The van der Waals surface area contributed by atoms with Crippen molar-refractivity contribution in [2.24, 2.45) is 5.84 Å². The van der Waals surface area contributed by atoms with Gasteiger partial charge in [0.15, 0.2) is 9.84 Å². The van der Waals surface area contributed by atoms with Crippen molar-refractivity contribution < 1.29 is 13.2 Å². The normalized spacial score (nSPS) is 15.2. The molecule has 1 aromatic rings. The Balaban J connectivity index is 3.28. The third-order valence-corrected chi connectivity index (χ3v) is 4.71. The first-order valence-electron chi connectivity index (χ1n) is 5.29. The Kier molecular flexibility index (Phi) is 4.98. The van der Waals surface area contributed by atoms with Crippen molar-refractivity contribution in [3.05, 3.63) is 28.8 Å². The monoisotopic (exact) mass is 292 g/mol. The van der Waals surface area contributed by atoms with Crippen molar-refractivity contribution in [3.63, 3.8) is 0 Å². The third kappa shape index (κ3) is 3.35. The van der Waals surface area contributed by atoms with Crippen LogP contribution in [0.1, 0.15) is 18.5 Å². The van der Waals surface area contributed by atoms with Gasteiger partial charge in [0.2, 0.25) is 0 Å². The molecule has 102 valence electrons. The Morgan fingerprint density at radius 2 is 2.06 bits per heavy atom. The molecule has 0 aliphatic heterocycles. The molecule has 0 amide bonds. The van der Waals surface area contributed by atoms with Crippen molar-refractivity contribution in [2.75, 3.05) is 13.4 Å². The van der Waals surface area contributed by atoms with E-state index in [0.29, 0.717) is 16.3 Å². The minimum absolute atomic E-state index is 0.492. The second-order valence-corrected chi connectivity index (χ2v) is 6.90. The first kappa shape index (κ1) is 15.2. The van der Waals surface area contributed by atoms with Crippen LogP contribution in [0.4, 0.5) is 0 Å². The van der Waals surface area contributed by atoms with E-state index in [1.165, 1.54) is 13.4 Å². The molecule has 0 aliphatic carbocycles. The molecule has 0 spiro atoms. The summed E-state index contributed by atoms with van der Waals surface area (Å²) in [7, 11) is -1.74. The van der Waals surface area contributed by atoms with Gasteiger partial charge in [-0.3, -0.25) is 11.3 Å². The SMILES string of the molecule is COc1ccc(Cl)cc1C(NN)C(C)S(C)(=O)=O. The summed E-state index contributed by atoms with van der Waals surface area (Å²) in [5.41, 5.74) is 3.12. The Morgan fingerprint density at radius 1 is 1.44 bits per heavy atom. The summed E-state index contributed by atoms with van der Waals surface area (Å²) in [6.45, 7) is 1.58. The van der Waals surface area contributed by atoms with E-state index in [2.05, 4.69) is 5.43 Å². The first-order chi connectivity index (χ1) is 8.31. The lowest BCUT2D eigenvalue weighted by molar-refractivity contribution is 0.397. The van der Waals surface area contributed by atoms with Gasteiger partial charge in [0, 0.05) is 16.8 Å². The zero-order chi connectivity index (χ0) is 13.9. The number of benzene rings is 1. The van der Waals surface area contributed by atoms with Gasteiger partial charge in [0.25, 0.3) is 0 Å². The summed E-state index contributed by atoms with van der Waals surface area (Å²) in [6, 6.07) is 4.40. The van der Waals surface area contributed by atoms with Crippen LogP contribution in [-0.4, -0.2) is 27.0 Å². The maximum absolute atomic E-state index is 11.6. The van der Waals surface area contributed by atoms with Crippen LogP contribution in [-0.2, 0) is 9.84 Å². The van der Waals surface area contributed by atoms with E-state index in [4.69, 9.17) is 22.2 Å². The molecule has 2 unspecified atom stereocenters. The second-order valence-electron chi connectivity index (χ2n) is 4.07. The standard InChI is InChI=1S/C11H17ClN2O3S/c1-7(18(3,15)16)11(14-13)9-6-8(12)4-5-10(9)17-2/h4-7,11,14H,13H2,1-3H3. The van der Waals surface area contributed by atoms with E-state index in [-0.39, 0.29) is 0 Å². The molecular formula is C11H17ClN2O3S. The fourth-order valence-electron chi connectivity index (χ4n) is 1.67. The van der Waals surface area contributed by atoms with E-state index < -0.39 is 21.1 Å². The summed E-state index contributed by atoms with van der Waals surface area (Å²) in [5.74, 6) is 6.00. The molecule has 0 bridgehead atoms. The Hall–Kier alpha value is -0.820. The van der Waals surface area contributed by atoms with Crippen LogP contribution in [0.15, 0.2) is 18.2 Å². The Labute approximate surface area is 112 Å². The zero-order valence-electron chi connectivity index (χ0n) is 10.5. The molecule has 1 aromatic carbocycles. The summed E-state index contributed by atoms with van der Waals surface area (Å²) >= 11 is 5.92. The summed E-state index contributed by atoms with van der Waals surface area (Å²) < 4.78 is 28.4. The van der Waals surface area contributed by atoms with E-state index >= 15 is 0 Å². The van der Waals surface area contributed by atoms with Gasteiger partial charge in [-0.25, -0.2) is 8.42 Å². The number of halogens is 1. The summed E-state index contributed by atoms with van der Waals surface area (Å²) in [4.78, 5) is 0. The topological polar surface area (TPSA) is 81.4 Å². The van der Waals surface area contributed by atoms with Gasteiger partial charge in [0.1, 0.15) is 5.75 Å². The quantitative estimate of drug-likeness (QED) is 0.631. The molecule has 0 aliphatic rings. The zero-order valence-corrected chi connectivity index (χ0v) is 12.0. The average molecular weight is 293 g/mol. The number of rotatable bonds is 5. The van der Waals surface area contributed by atoms with Crippen LogP contribution in [0.2, 0.25) is 5.02 Å². The number of nitrogens with one attached hydrogen (secondary N) is 1. The predicted octanol–water partition coefficient (Wildman–Crippen LogP) is 1.29. The van der Waals surface area contributed by atoms with Gasteiger partial charge in [-0.15, -0.1) is 0 Å². The van der Waals surface area contributed by atoms with Gasteiger partial charge >= 0.3 is 0 Å². The van der Waals surface area contributed by atoms with Crippen LogP contribution in [0.5, 0.6) is 5.75 Å². The van der Waals surface area contributed by atoms with Crippen LogP contribution in [0, 0.1) is 0 Å². The minimum atomic E-state index is -3.24. The van der Waals surface area contributed by atoms with Gasteiger partial charge in [-0.05, 0) is 25.1 Å². The number of methoxy groups -OCH3 is 1. The molecule has 0 fully saturated rings. The number of hydrogen-bond acceptors (Lipinski definition) is 5. The lowest BCUT2D eigenvalue weighted by atomic mass is 10.0. The predicted molar refractivity (Wildman–Crippen MR) is 72.4 cm³/mol. The highest BCUT2D eigenvalue weighted by Crippen LogP contribution is 2.31. The fraction of sp³-hybridized carbons (Fsp3) is 0.455. The molecule has 0 heterocycles. The third-order valence-electron chi connectivity index (χ3n) is 2.85. The van der Waals surface area contributed by atoms with Crippen molar-refractivity contribution in [3.8, 4) is 5.75 Å². The van der Waals surface area contributed by atoms with E-state index in [9.17, 15) is 8.42 Å². The highest BCUT2D eigenvalue weighted by Gasteiger charge is 2.28. The number of nitrogens with two attached hydrogens (primary N) is 1. The van der Waals surface area contributed by atoms with E-state index in [1.807, 2.05) is 0 Å². The average Bonchev–Trinajstić information content (AvgIpc) is 2.29. The molecule has 0 radical (unpaired) electrons. The minimum Gasteiger partial charge on any atom is -0.496 e. The lowest BCUT2D eigenvalue weighted by Crippen LogP contribution is -2.39. The molecule has 1 rings (SSSR count). The molecule has 7 heteroatoms. The van der Waals surface area contributed by atoms with Crippen molar-refractivity contribution in [1.29, 1.82) is 0 Å². The van der Waals surface area contributed by atoms with E-state index in [1.54, 1.807) is 25.1 Å². The molecule has 3 N–H and O–H groups in total. The molecule has 0 saturated carbocycles. The molecular weight excluding hydrogens is 276 g/mol. The molecule has 0 saturated heterocycles. The highest BCUT2D eigenvalue weighted by atomic mass is 35.5. The van der Waals surface area contributed by atoms with Gasteiger partial charge < -0.3 is 4.74 Å². The van der Waals surface area contributed by atoms with Crippen molar-refractivity contribution in [1.82, 2.24) is 5.43 Å². The summed E-state index contributed by atoms with van der Waals surface area (Å²) in [5, 5.41) is -0.207. The number of hydrogen-bond donors (Lipinski definition) is 2. The largest absolute Gasteiger partial charge is 0.496 e. The highest BCUT2D eigenvalue weighted by molar-refractivity contribution is 7.91. The number of hydrazine groups is 1. The Morgan fingerprint density at radius 3 is 2.50 bits per heavy atom. The summed E-state index contributed by atoms with van der Waals surface area (Å²) in [6.07, 6.45) is 1.17. The fourth-order valence-corrected chi connectivity index (χ4v) is 2.57. The molecule has 0 aromatic heterocycles. The lowest BCUT2D eigenvalue weighted by Gasteiger charge is -2.24. The molecule has 18 heavy (non-hydrogen) atoms. The van der Waals surface area contributed by atoms with Crippen LogP contribution >= 0.6 is 11.6 Å². The second kappa shape index (κ2) is 5.88. The number of ether oxygens (including phenoxy) is 1. The van der Waals surface area contributed by atoms with Gasteiger partial charge in [-0.1, -0.05) is 11.6 Å². The maximum Gasteiger partial charge on any atom is 0.151 e. The number of sulfone groups is 1. The molecule has 2 atom stereocenters. The van der Waals surface area contributed by atoms with Crippen molar-refractivity contribution >= 4 is 21.4 Å². The maximum atomic E-state index is 11.6. The van der Waals surface area contributed by atoms with Crippen LogP contribution in [0.3, 0.4) is 0 Å². The first-order valence-corrected chi connectivity index (χ1v) is 7.63. The molecule has 5 nitrogen and oxygen atoms in total. The van der Waals surface area contributed by atoms with Crippen LogP contribution < -0.4 is 16.0 Å². The van der Waals surface area contributed by atoms with Gasteiger partial charge in [-0.2, -0.15) is 0 Å². The smallest absolute Gasteiger partial charge is 0.151 e. The van der Waals surface area contributed by atoms with Crippen molar-refractivity contribution in [2.45, 2.75) is 18.2 Å². The van der Waals surface area contributed by atoms with Crippen LogP contribution in [0.25, 0.3) is 0 Å². The van der Waals surface area contributed by atoms with E-state index in [0.717, 1.165) is 0 Å². The Bertz CT molecular complexity index is 519.